The van der Waals surface area contributed by atoms with E-state index in [4.69, 9.17) is 0 Å². The predicted octanol–water partition coefficient (Wildman–Crippen LogP) is 5.68. The standard InChI is InChI=1S/C32H25N5O5/c1-17-21-15-22(32(41)42)27(38)16-26(21)37(2)28(17)18-8-7-9-19(14-18)33-30(39)31(40)36-23-11-4-3-10-20(23)29-34-24-12-5-6-13-25(24)35-29/h3-16,38H,1-2H3,(H,33,39)(H,34,35)(H,36,40)(H,41,42). The number of aromatic carboxylic acids is 1. The first-order chi connectivity index (χ1) is 20.2. The molecular weight excluding hydrogens is 534 g/mol. The molecule has 2 amide bonds. The average molecular weight is 560 g/mol. The SMILES string of the molecule is Cc1c(-c2cccc(NC(=O)C(=O)Nc3ccccc3-c3nc4ccccc4[nH]3)c2)n(C)c2cc(O)c(C(=O)O)cc12. The third-order valence-corrected chi connectivity index (χ3v) is 7.22. The van der Waals surface area contributed by atoms with E-state index in [9.17, 15) is 24.6 Å². The number of carboxylic acids is 1. The van der Waals surface area contributed by atoms with Crippen LogP contribution >= 0.6 is 0 Å². The number of aromatic nitrogens is 3. The van der Waals surface area contributed by atoms with Crippen LogP contribution in [0.25, 0.3) is 44.6 Å². The van der Waals surface area contributed by atoms with Crippen LogP contribution in [0.5, 0.6) is 5.75 Å². The van der Waals surface area contributed by atoms with Gasteiger partial charge in [-0.3, -0.25) is 9.59 Å². The van der Waals surface area contributed by atoms with Gasteiger partial charge in [-0.05, 0) is 55.0 Å². The van der Waals surface area contributed by atoms with E-state index < -0.39 is 17.8 Å². The summed E-state index contributed by atoms with van der Waals surface area (Å²) < 4.78 is 1.85. The van der Waals surface area contributed by atoms with Crippen molar-refractivity contribution in [3.05, 3.63) is 96.1 Å². The number of aromatic hydroxyl groups is 1. The highest BCUT2D eigenvalue weighted by Crippen LogP contribution is 2.36. The summed E-state index contributed by atoms with van der Waals surface area (Å²) in [5, 5.41) is 25.7. The summed E-state index contributed by atoms with van der Waals surface area (Å²) in [6.07, 6.45) is 0. The third kappa shape index (κ3) is 4.60. The number of amides is 2. The molecule has 10 nitrogen and oxygen atoms in total. The number of hydrogen-bond donors (Lipinski definition) is 5. The fourth-order valence-corrected chi connectivity index (χ4v) is 5.23. The molecule has 42 heavy (non-hydrogen) atoms. The molecular formula is C32H25N5O5. The number of aromatic amines is 1. The number of carbonyl (C=O) groups is 3. The number of fused-ring (bicyclic) bond motifs is 2. The maximum Gasteiger partial charge on any atom is 0.339 e. The number of carbonyl (C=O) groups excluding carboxylic acids is 2. The minimum absolute atomic E-state index is 0.184. The quantitative estimate of drug-likeness (QED) is 0.172. The van der Waals surface area contributed by atoms with Gasteiger partial charge in [-0.1, -0.05) is 36.4 Å². The lowest BCUT2D eigenvalue weighted by Gasteiger charge is -2.11. The van der Waals surface area contributed by atoms with E-state index in [0.29, 0.717) is 33.7 Å². The number of nitrogens with zero attached hydrogens (tertiary/aromatic N) is 2. The van der Waals surface area contributed by atoms with Gasteiger partial charge in [-0.15, -0.1) is 0 Å². The van der Waals surface area contributed by atoms with Crippen molar-refractivity contribution in [1.82, 2.24) is 14.5 Å². The van der Waals surface area contributed by atoms with Gasteiger partial charge < -0.3 is 30.4 Å². The molecule has 0 saturated heterocycles. The molecule has 4 aromatic carbocycles. The van der Waals surface area contributed by atoms with Crippen molar-refractivity contribution in [2.45, 2.75) is 6.92 Å². The van der Waals surface area contributed by atoms with Gasteiger partial charge >= 0.3 is 17.8 Å². The maximum absolute atomic E-state index is 12.9. The number of nitrogens with one attached hydrogen (secondary N) is 3. The molecule has 208 valence electrons. The third-order valence-electron chi connectivity index (χ3n) is 7.22. The highest BCUT2D eigenvalue weighted by atomic mass is 16.4. The van der Waals surface area contributed by atoms with Gasteiger partial charge in [0.15, 0.2) is 0 Å². The Kier molecular flexibility index (Phi) is 6.43. The molecule has 0 unspecified atom stereocenters. The molecule has 10 heteroatoms. The van der Waals surface area contributed by atoms with Crippen molar-refractivity contribution < 1.29 is 24.6 Å². The zero-order valence-electron chi connectivity index (χ0n) is 22.6. The number of aryl methyl sites for hydroxylation is 2. The van der Waals surface area contributed by atoms with Crippen LogP contribution in [0.4, 0.5) is 11.4 Å². The highest BCUT2D eigenvalue weighted by molar-refractivity contribution is 6.44. The molecule has 6 rings (SSSR count). The van der Waals surface area contributed by atoms with Gasteiger partial charge in [0.25, 0.3) is 0 Å². The fourth-order valence-electron chi connectivity index (χ4n) is 5.23. The number of para-hydroxylation sites is 3. The zero-order chi connectivity index (χ0) is 29.5. The van der Waals surface area contributed by atoms with Gasteiger partial charge in [0.05, 0.1) is 27.9 Å². The van der Waals surface area contributed by atoms with Crippen molar-refractivity contribution >= 4 is 51.1 Å². The van der Waals surface area contributed by atoms with E-state index in [1.165, 1.54) is 12.1 Å². The normalized spacial score (nSPS) is 11.1. The van der Waals surface area contributed by atoms with Crippen LogP contribution in [0, 0.1) is 6.92 Å². The Morgan fingerprint density at radius 2 is 1.62 bits per heavy atom. The summed E-state index contributed by atoms with van der Waals surface area (Å²) in [5.74, 6) is -2.68. The van der Waals surface area contributed by atoms with Crippen molar-refractivity contribution in [2.24, 2.45) is 7.05 Å². The molecule has 0 spiro atoms. The van der Waals surface area contributed by atoms with E-state index in [-0.39, 0.29) is 11.3 Å². The molecule has 0 saturated carbocycles. The minimum Gasteiger partial charge on any atom is -0.507 e. The summed E-state index contributed by atoms with van der Waals surface area (Å²) in [5.41, 5.74) is 5.89. The molecule has 6 aromatic rings. The molecule has 5 N–H and O–H groups in total. The molecule has 2 aromatic heterocycles. The Balaban J connectivity index is 1.25. The highest BCUT2D eigenvalue weighted by Gasteiger charge is 2.21. The van der Waals surface area contributed by atoms with Gasteiger partial charge in [0.2, 0.25) is 0 Å². The fraction of sp³-hybridized carbons (Fsp3) is 0.0625. The zero-order valence-corrected chi connectivity index (χ0v) is 22.6. The van der Waals surface area contributed by atoms with Crippen LogP contribution in [-0.2, 0) is 16.6 Å². The molecule has 0 aliphatic rings. The number of hydrogen-bond acceptors (Lipinski definition) is 5. The first-order valence-corrected chi connectivity index (χ1v) is 13.0. The molecule has 0 atom stereocenters. The number of H-pyrrole nitrogens is 1. The van der Waals surface area contributed by atoms with E-state index in [0.717, 1.165) is 27.9 Å². The summed E-state index contributed by atoms with van der Waals surface area (Å²) in [6.45, 7) is 1.86. The van der Waals surface area contributed by atoms with E-state index in [2.05, 4.69) is 20.6 Å². The second-order valence-electron chi connectivity index (χ2n) is 9.86. The second kappa shape index (κ2) is 10.3. The Morgan fingerprint density at radius 3 is 2.40 bits per heavy atom. The molecule has 2 heterocycles. The lowest BCUT2D eigenvalue weighted by Crippen LogP contribution is -2.29. The Morgan fingerprint density at radius 1 is 0.881 bits per heavy atom. The van der Waals surface area contributed by atoms with Crippen molar-refractivity contribution in [1.29, 1.82) is 0 Å². The monoisotopic (exact) mass is 559 g/mol. The van der Waals surface area contributed by atoms with Crippen molar-refractivity contribution in [3.8, 4) is 28.4 Å². The number of rotatable bonds is 5. The first-order valence-electron chi connectivity index (χ1n) is 13.0. The van der Waals surface area contributed by atoms with Crippen LogP contribution in [0.1, 0.15) is 15.9 Å². The summed E-state index contributed by atoms with van der Waals surface area (Å²) in [4.78, 5) is 45.3. The minimum atomic E-state index is -1.22. The van der Waals surface area contributed by atoms with E-state index >= 15 is 0 Å². The lowest BCUT2D eigenvalue weighted by atomic mass is 10.0. The van der Waals surface area contributed by atoms with Crippen LogP contribution in [0.2, 0.25) is 0 Å². The molecule has 0 aliphatic carbocycles. The van der Waals surface area contributed by atoms with Crippen LogP contribution in [0.3, 0.4) is 0 Å². The Hall–Kier alpha value is -5.90. The number of carboxylic acid groups (broad SMARTS) is 1. The smallest absolute Gasteiger partial charge is 0.339 e. The van der Waals surface area contributed by atoms with Crippen molar-refractivity contribution in [3.63, 3.8) is 0 Å². The Labute approximate surface area is 239 Å². The summed E-state index contributed by atoms with van der Waals surface area (Å²) in [6, 6.07) is 24.5. The predicted molar refractivity (Wildman–Crippen MR) is 161 cm³/mol. The van der Waals surface area contributed by atoms with Gasteiger partial charge in [0, 0.05) is 35.3 Å². The van der Waals surface area contributed by atoms with Crippen LogP contribution in [0.15, 0.2) is 84.9 Å². The first kappa shape index (κ1) is 26.3. The number of benzene rings is 4. The molecule has 0 radical (unpaired) electrons. The number of anilines is 2. The largest absolute Gasteiger partial charge is 0.507 e. The Bertz CT molecular complexity index is 2020. The van der Waals surface area contributed by atoms with E-state index in [1.807, 2.05) is 54.9 Å². The van der Waals surface area contributed by atoms with Gasteiger partial charge in [-0.25, -0.2) is 9.78 Å². The lowest BCUT2D eigenvalue weighted by molar-refractivity contribution is -0.132. The van der Waals surface area contributed by atoms with Gasteiger partial charge in [0.1, 0.15) is 17.1 Å². The number of imidazole rings is 1. The van der Waals surface area contributed by atoms with Crippen LogP contribution in [-0.4, -0.2) is 42.5 Å². The number of phenols is 1. The summed E-state index contributed by atoms with van der Waals surface area (Å²) >= 11 is 0. The summed E-state index contributed by atoms with van der Waals surface area (Å²) in [7, 11) is 1.81. The average Bonchev–Trinajstić information content (AvgIpc) is 3.51. The van der Waals surface area contributed by atoms with Gasteiger partial charge in [-0.2, -0.15) is 0 Å². The molecule has 0 fully saturated rings. The second-order valence-corrected chi connectivity index (χ2v) is 9.86. The molecule has 0 aliphatic heterocycles. The topological polar surface area (TPSA) is 149 Å². The van der Waals surface area contributed by atoms with E-state index in [1.54, 1.807) is 36.4 Å². The van der Waals surface area contributed by atoms with Crippen molar-refractivity contribution in [2.75, 3.05) is 10.6 Å². The molecule has 0 bridgehead atoms. The van der Waals surface area contributed by atoms with Crippen LogP contribution < -0.4 is 10.6 Å². The maximum atomic E-state index is 12.9.